The van der Waals surface area contributed by atoms with Gasteiger partial charge in [0, 0.05) is 18.1 Å². The van der Waals surface area contributed by atoms with Crippen LogP contribution in [0.4, 0.5) is 4.79 Å². The number of nitrogens with zero attached hydrogens (tertiary/aromatic N) is 1. The highest BCUT2D eigenvalue weighted by Crippen LogP contribution is 2.16. The first-order valence-corrected chi connectivity index (χ1v) is 5.83. The van der Waals surface area contributed by atoms with Crippen molar-refractivity contribution in [2.45, 2.75) is 13.3 Å². The summed E-state index contributed by atoms with van der Waals surface area (Å²) in [7, 11) is 1.70. The molecular weight excluding hydrogens is 277 g/mol. The maximum atomic E-state index is 10.8. The molecular formula is C11H13BrClNO. The number of hydrogen-bond donors (Lipinski definition) is 0. The first kappa shape index (κ1) is 12.5. The van der Waals surface area contributed by atoms with Crippen LogP contribution in [0, 0.1) is 6.92 Å². The molecule has 0 spiro atoms. The fourth-order valence-electron chi connectivity index (χ4n) is 1.29. The summed E-state index contributed by atoms with van der Waals surface area (Å²) in [6, 6.07) is 6.14. The minimum atomic E-state index is -0.414. The Hall–Kier alpha value is -0.540. The summed E-state index contributed by atoms with van der Waals surface area (Å²) in [5, 5.41) is -0.414. The van der Waals surface area contributed by atoms with Crippen LogP contribution >= 0.6 is 27.5 Å². The second-order valence-corrected chi connectivity index (χ2v) is 4.73. The van der Waals surface area contributed by atoms with Gasteiger partial charge in [0.15, 0.2) is 0 Å². The van der Waals surface area contributed by atoms with Crippen LogP contribution in [0.3, 0.4) is 0 Å². The SMILES string of the molecule is Cc1ccc(Br)cc1CCN(C)C(=O)Cl. The highest BCUT2D eigenvalue weighted by molar-refractivity contribution is 9.10. The van der Waals surface area contributed by atoms with Gasteiger partial charge in [0.2, 0.25) is 0 Å². The van der Waals surface area contributed by atoms with Crippen LogP contribution in [0.15, 0.2) is 22.7 Å². The largest absolute Gasteiger partial charge is 0.332 e. The number of likely N-dealkylation sites (N-methyl/N-ethyl adjacent to an activating group) is 1. The van der Waals surface area contributed by atoms with Gasteiger partial charge in [-0.1, -0.05) is 22.0 Å². The number of hydrogen-bond acceptors (Lipinski definition) is 1. The molecule has 0 fully saturated rings. The van der Waals surface area contributed by atoms with E-state index in [9.17, 15) is 4.79 Å². The molecule has 4 heteroatoms. The summed E-state index contributed by atoms with van der Waals surface area (Å²) in [6.07, 6.45) is 0.820. The fourth-order valence-corrected chi connectivity index (χ4v) is 1.78. The van der Waals surface area contributed by atoms with Crippen LogP contribution in [0.25, 0.3) is 0 Å². The van der Waals surface area contributed by atoms with Gasteiger partial charge in [-0.05, 0) is 48.2 Å². The lowest BCUT2D eigenvalue weighted by atomic mass is 10.1. The quantitative estimate of drug-likeness (QED) is 0.615. The molecule has 0 aliphatic heterocycles. The molecule has 0 unspecified atom stereocenters. The van der Waals surface area contributed by atoms with Crippen molar-refractivity contribution in [1.29, 1.82) is 0 Å². The van der Waals surface area contributed by atoms with Crippen LogP contribution < -0.4 is 0 Å². The Labute approximate surface area is 103 Å². The predicted molar refractivity (Wildman–Crippen MR) is 66.5 cm³/mol. The Kier molecular flexibility index (Phi) is 4.61. The van der Waals surface area contributed by atoms with Gasteiger partial charge in [-0.25, -0.2) is 0 Å². The van der Waals surface area contributed by atoms with E-state index in [4.69, 9.17) is 11.6 Å². The summed E-state index contributed by atoms with van der Waals surface area (Å²) in [6.45, 7) is 2.70. The molecule has 0 saturated heterocycles. The van der Waals surface area contributed by atoms with Crippen molar-refractivity contribution in [2.24, 2.45) is 0 Å². The van der Waals surface area contributed by atoms with Gasteiger partial charge in [0.1, 0.15) is 0 Å². The molecule has 0 bridgehead atoms. The molecule has 1 aromatic carbocycles. The van der Waals surface area contributed by atoms with E-state index >= 15 is 0 Å². The third kappa shape index (κ3) is 3.84. The second kappa shape index (κ2) is 5.52. The monoisotopic (exact) mass is 289 g/mol. The molecule has 1 aromatic rings. The highest BCUT2D eigenvalue weighted by Gasteiger charge is 2.05. The summed E-state index contributed by atoms with van der Waals surface area (Å²) in [5.74, 6) is 0. The summed E-state index contributed by atoms with van der Waals surface area (Å²) in [5.41, 5.74) is 2.46. The number of rotatable bonds is 3. The zero-order valence-corrected chi connectivity index (χ0v) is 11.1. The number of carbonyl (C=O) groups excluding carboxylic acids is 1. The maximum Gasteiger partial charge on any atom is 0.316 e. The van der Waals surface area contributed by atoms with E-state index in [2.05, 4.69) is 35.0 Å². The summed E-state index contributed by atoms with van der Waals surface area (Å²) < 4.78 is 1.06. The van der Waals surface area contributed by atoms with Gasteiger partial charge in [-0.3, -0.25) is 4.79 Å². The zero-order valence-electron chi connectivity index (χ0n) is 8.76. The van der Waals surface area contributed by atoms with Gasteiger partial charge < -0.3 is 4.90 Å². The fraction of sp³-hybridized carbons (Fsp3) is 0.364. The molecule has 0 N–H and O–H groups in total. The lowest BCUT2D eigenvalue weighted by Gasteiger charge is -2.14. The number of amides is 1. The predicted octanol–water partition coefficient (Wildman–Crippen LogP) is 3.59. The lowest BCUT2D eigenvalue weighted by Crippen LogP contribution is -2.23. The van der Waals surface area contributed by atoms with Crippen LogP contribution in [0.5, 0.6) is 0 Å². The van der Waals surface area contributed by atoms with Crippen molar-refractivity contribution in [1.82, 2.24) is 4.90 Å². The first-order chi connectivity index (χ1) is 7.00. The van der Waals surface area contributed by atoms with Crippen molar-refractivity contribution >= 4 is 32.9 Å². The molecule has 1 amide bonds. The standard InChI is InChI=1S/C11H13BrClNO/c1-8-3-4-10(12)7-9(8)5-6-14(2)11(13)15/h3-4,7H,5-6H2,1-2H3. The summed E-state index contributed by atoms with van der Waals surface area (Å²) in [4.78, 5) is 12.3. The Balaban J connectivity index is 2.65. The number of benzene rings is 1. The molecule has 0 aliphatic rings. The van der Waals surface area contributed by atoms with Gasteiger partial charge in [-0.15, -0.1) is 0 Å². The minimum Gasteiger partial charge on any atom is -0.332 e. The summed E-state index contributed by atoms with van der Waals surface area (Å²) >= 11 is 8.77. The lowest BCUT2D eigenvalue weighted by molar-refractivity contribution is 0.232. The maximum absolute atomic E-state index is 10.8. The van der Waals surface area contributed by atoms with Gasteiger partial charge in [0.25, 0.3) is 0 Å². The van der Waals surface area contributed by atoms with E-state index in [0.29, 0.717) is 6.54 Å². The average Bonchev–Trinajstić information content (AvgIpc) is 2.18. The Morgan fingerprint density at radius 3 is 2.80 bits per heavy atom. The average molecular weight is 291 g/mol. The number of aryl methyl sites for hydroxylation is 1. The molecule has 82 valence electrons. The van der Waals surface area contributed by atoms with Crippen LogP contribution in [-0.2, 0) is 6.42 Å². The van der Waals surface area contributed by atoms with Crippen LogP contribution in [0.2, 0.25) is 0 Å². The molecule has 2 nitrogen and oxygen atoms in total. The third-order valence-electron chi connectivity index (χ3n) is 2.33. The molecule has 0 saturated carbocycles. The first-order valence-electron chi connectivity index (χ1n) is 4.66. The molecule has 0 radical (unpaired) electrons. The van der Waals surface area contributed by atoms with Crippen LogP contribution in [0.1, 0.15) is 11.1 Å². The minimum absolute atomic E-state index is 0.414. The number of halogens is 2. The smallest absolute Gasteiger partial charge is 0.316 e. The third-order valence-corrected chi connectivity index (χ3v) is 3.11. The highest BCUT2D eigenvalue weighted by atomic mass is 79.9. The molecule has 1 rings (SSSR count). The molecule has 0 heterocycles. The Morgan fingerprint density at radius 2 is 2.20 bits per heavy atom. The zero-order chi connectivity index (χ0) is 11.4. The van der Waals surface area contributed by atoms with E-state index in [1.807, 2.05) is 6.07 Å². The van der Waals surface area contributed by atoms with Crippen LogP contribution in [-0.4, -0.2) is 23.9 Å². The van der Waals surface area contributed by atoms with Crippen molar-refractivity contribution in [2.75, 3.05) is 13.6 Å². The van der Waals surface area contributed by atoms with E-state index in [0.717, 1.165) is 10.9 Å². The van der Waals surface area contributed by atoms with Crippen molar-refractivity contribution < 1.29 is 4.79 Å². The van der Waals surface area contributed by atoms with Crippen molar-refractivity contribution in [3.05, 3.63) is 33.8 Å². The van der Waals surface area contributed by atoms with Gasteiger partial charge >= 0.3 is 5.37 Å². The van der Waals surface area contributed by atoms with Gasteiger partial charge in [-0.2, -0.15) is 0 Å². The van der Waals surface area contributed by atoms with E-state index in [-0.39, 0.29) is 0 Å². The second-order valence-electron chi connectivity index (χ2n) is 3.50. The van der Waals surface area contributed by atoms with E-state index in [1.165, 1.54) is 16.0 Å². The molecule has 15 heavy (non-hydrogen) atoms. The number of carbonyl (C=O) groups is 1. The Morgan fingerprint density at radius 1 is 1.53 bits per heavy atom. The van der Waals surface area contributed by atoms with Crippen molar-refractivity contribution in [3.63, 3.8) is 0 Å². The topological polar surface area (TPSA) is 20.3 Å². The molecule has 0 aromatic heterocycles. The molecule has 0 atom stereocenters. The van der Waals surface area contributed by atoms with E-state index < -0.39 is 5.37 Å². The van der Waals surface area contributed by atoms with Crippen molar-refractivity contribution in [3.8, 4) is 0 Å². The van der Waals surface area contributed by atoms with Gasteiger partial charge in [0.05, 0.1) is 0 Å². The normalized spacial score (nSPS) is 10.1. The Bertz CT molecular complexity index is 368. The molecule has 0 aliphatic carbocycles. The van der Waals surface area contributed by atoms with E-state index in [1.54, 1.807) is 7.05 Å².